The third-order valence-corrected chi connectivity index (χ3v) is 2.22. The molecule has 9 heavy (non-hydrogen) atoms. The Hall–Kier alpha value is 0.340. The fourth-order valence-electron chi connectivity index (χ4n) is 0.591. The van der Waals surface area contributed by atoms with Gasteiger partial charge in [-0.2, -0.15) is 0 Å². The van der Waals surface area contributed by atoms with Crippen LogP contribution in [0.4, 0.5) is 8.78 Å². The molecule has 1 atom stereocenters. The predicted octanol–water partition coefficient (Wildman–Crippen LogP) is 3.06. The van der Waals surface area contributed by atoms with Gasteiger partial charge in [-0.3, -0.25) is 0 Å². The van der Waals surface area contributed by atoms with Gasteiger partial charge in [0.05, 0.1) is 0 Å². The fourth-order valence-corrected chi connectivity index (χ4v) is 1.31. The lowest BCUT2D eigenvalue weighted by molar-refractivity contribution is 0.118. The highest BCUT2D eigenvalue weighted by Crippen LogP contribution is 2.15. The van der Waals surface area contributed by atoms with E-state index in [-0.39, 0.29) is 12.3 Å². The average Bonchev–Trinajstić information content (AvgIpc) is 1.82. The van der Waals surface area contributed by atoms with Crippen LogP contribution >= 0.6 is 15.9 Å². The minimum atomic E-state index is -2.15. The number of rotatable bonds is 4. The minimum absolute atomic E-state index is 0.0295. The molecule has 0 saturated heterocycles. The second-order valence-corrected chi connectivity index (χ2v) is 2.70. The third-order valence-electron chi connectivity index (χ3n) is 1.31. The zero-order valence-corrected chi connectivity index (χ0v) is 7.00. The number of hydrogen-bond donors (Lipinski definition) is 0. The molecule has 0 rings (SSSR count). The third kappa shape index (κ3) is 4.82. The Morgan fingerprint density at radius 2 is 2.00 bits per heavy atom. The van der Waals surface area contributed by atoms with Crippen LogP contribution in [0, 0.1) is 5.92 Å². The second kappa shape index (κ2) is 5.15. The molecule has 0 aliphatic rings. The van der Waals surface area contributed by atoms with Gasteiger partial charge in [0.15, 0.2) is 0 Å². The first kappa shape index (κ1) is 9.34. The summed E-state index contributed by atoms with van der Waals surface area (Å²) < 4.78 is 23.3. The van der Waals surface area contributed by atoms with Gasteiger partial charge >= 0.3 is 0 Å². The van der Waals surface area contributed by atoms with Crippen molar-refractivity contribution in [2.45, 2.75) is 26.2 Å². The van der Waals surface area contributed by atoms with Gasteiger partial charge in [-0.05, 0) is 5.92 Å². The van der Waals surface area contributed by atoms with Crippen LogP contribution in [0.25, 0.3) is 0 Å². The van der Waals surface area contributed by atoms with Crippen molar-refractivity contribution in [1.82, 2.24) is 0 Å². The molecule has 0 heterocycles. The van der Waals surface area contributed by atoms with E-state index in [1.807, 2.05) is 6.92 Å². The van der Waals surface area contributed by atoms with Gasteiger partial charge in [-0.15, -0.1) is 0 Å². The summed E-state index contributed by atoms with van der Waals surface area (Å²) in [6, 6.07) is 0. The molecule has 0 aromatic rings. The highest BCUT2D eigenvalue weighted by molar-refractivity contribution is 9.09. The summed E-state index contributed by atoms with van der Waals surface area (Å²) in [5.74, 6) is 0.144. The zero-order valence-electron chi connectivity index (χ0n) is 5.41. The molecule has 0 aromatic heterocycles. The zero-order chi connectivity index (χ0) is 7.28. The monoisotopic (exact) mass is 200 g/mol. The van der Waals surface area contributed by atoms with Gasteiger partial charge in [0, 0.05) is 11.8 Å². The molecule has 0 fully saturated rings. The Kier molecular flexibility index (Phi) is 5.35. The van der Waals surface area contributed by atoms with E-state index in [1.54, 1.807) is 0 Å². The van der Waals surface area contributed by atoms with Crippen molar-refractivity contribution in [3.05, 3.63) is 0 Å². The van der Waals surface area contributed by atoms with Gasteiger partial charge in [-0.1, -0.05) is 29.3 Å². The first-order valence-electron chi connectivity index (χ1n) is 3.04. The Labute approximate surface area is 62.8 Å². The topological polar surface area (TPSA) is 0 Å². The van der Waals surface area contributed by atoms with E-state index >= 15 is 0 Å². The van der Waals surface area contributed by atoms with Crippen LogP contribution in [0.15, 0.2) is 0 Å². The summed E-state index contributed by atoms with van der Waals surface area (Å²) in [5, 5.41) is 0.688. The lowest BCUT2D eigenvalue weighted by Gasteiger charge is -2.08. The fraction of sp³-hybridized carbons (Fsp3) is 1.00. The molecular weight excluding hydrogens is 190 g/mol. The van der Waals surface area contributed by atoms with Crippen molar-refractivity contribution >= 4 is 15.9 Å². The van der Waals surface area contributed by atoms with E-state index in [9.17, 15) is 8.78 Å². The highest BCUT2D eigenvalue weighted by atomic mass is 79.9. The van der Waals surface area contributed by atoms with Crippen LogP contribution in [0.3, 0.4) is 0 Å². The van der Waals surface area contributed by atoms with Crippen molar-refractivity contribution in [3.8, 4) is 0 Å². The van der Waals surface area contributed by atoms with Gasteiger partial charge in [0.25, 0.3) is 0 Å². The van der Waals surface area contributed by atoms with Crippen molar-refractivity contribution in [2.75, 3.05) is 5.33 Å². The van der Waals surface area contributed by atoms with E-state index < -0.39 is 6.43 Å². The summed E-state index contributed by atoms with van der Waals surface area (Å²) in [7, 11) is 0. The van der Waals surface area contributed by atoms with Crippen LogP contribution in [-0.4, -0.2) is 11.8 Å². The maximum absolute atomic E-state index is 11.6. The standard InChI is InChI=1S/C6H11BrF2/c1-2-5(4-7)3-6(8)9/h5-6H,2-4H2,1H3/t5-/m0/s1. The SMILES string of the molecule is CC[C@H](CBr)CC(F)F. The molecule has 0 unspecified atom stereocenters. The van der Waals surface area contributed by atoms with E-state index in [1.165, 1.54) is 0 Å². The first-order valence-corrected chi connectivity index (χ1v) is 4.17. The van der Waals surface area contributed by atoms with Gasteiger partial charge < -0.3 is 0 Å². The summed E-state index contributed by atoms with van der Waals surface area (Å²) in [5.41, 5.74) is 0. The molecule has 0 aromatic carbocycles. The molecule has 0 N–H and O–H groups in total. The Balaban J connectivity index is 3.31. The largest absolute Gasteiger partial charge is 0.238 e. The number of hydrogen-bond acceptors (Lipinski definition) is 0. The quantitative estimate of drug-likeness (QED) is 0.613. The van der Waals surface area contributed by atoms with Gasteiger partial charge in [0.2, 0.25) is 6.43 Å². The second-order valence-electron chi connectivity index (χ2n) is 2.06. The van der Waals surface area contributed by atoms with E-state index in [0.29, 0.717) is 5.33 Å². The normalized spacial score (nSPS) is 14.3. The van der Waals surface area contributed by atoms with Crippen LogP contribution in [0.2, 0.25) is 0 Å². The summed E-state index contributed by atoms with van der Waals surface area (Å²) in [6.07, 6.45) is -1.29. The average molecular weight is 201 g/mol. The highest BCUT2D eigenvalue weighted by Gasteiger charge is 2.10. The van der Waals surface area contributed by atoms with Crippen LogP contribution < -0.4 is 0 Å². The minimum Gasteiger partial charge on any atom is -0.211 e. The molecule has 3 heteroatoms. The molecule has 0 nitrogen and oxygen atoms in total. The van der Waals surface area contributed by atoms with Crippen LogP contribution in [-0.2, 0) is 0 Å². The smallest absolute Gasteiger partial charge is 0.211 e. The van der Waals surface area contributed by atoms with E-state index in [0.717, 1.165) is 6.42 Å². The van der Waals surface area contributed by atoms with Crippen LogP contribution in [0.5, 0.6) is 0 Å². The lowest BCUT2D eigenvalue weighted by atomic mass is 10.1. The summed E-state index contributed by atoms with van der Waals surface area (Å²) >= 11 is 3.17. The van der Waals surface area contributed by atoms with Crippen molar-refractivity contribution in [2.24, 2.45) is 5.92 Å². The Morgan fingerprint density at radius 1 is 1.44 bits per heavy atom. The Bertz CT molecular complexity index is 62.1. The van der Waals surface area contributed by atoms with Gasteiger partial charge in [0.1, 0.15) is 0 Å². The molecular formula is C6H11BrF2. The molecule has 0 saturated carbocycles. The van der Waals surface area contributed by atoms with E-state index in [4.69, 9.17) is 0 Å². The van der Waals surface area contributed by atoms with Crippen molar-refractivity contribution in [1.29, 1.82) is 0 Å². The molecule has 0 bridgehead atoms. The maximum atomic E-state index is 11.6. The Morgan fingerprint density at radius 3 is 2.11 bits per heavy atom. The summed E-state index contributed by atoms with van der Waals surface area (Å²) in [4.78, 5) is 0. The summed E-state index contributed by atoms with van der Waals surface area (Å²) in [6.45, 7) is 1.92. The van der Waals surface area contributed by atoms with Crippen molar-refractivity contribution < 1.29 is 8.78 Å². The van der Waals surface area contributed by atoms with Crippen molar-refractivity contribution in [3.63, 3.8) is 0 Å². The number of alkyl halides is 3. The van der Waals surface area contributed by atoms with Crippen LogP contribution in [0.1, 0.15) is 19.8 Å². The molecule has 0 aliphatic heterocycles. The lowest BCUT2D eigenvalue weighted by Crippen LogP contribution is -2.05. The van der Waals surface area contributed by atoms with Gasteiger partial charge in [-0.25, -0.2) is 8.78 Å². The first-order chi connectivity index (χ1) is 4.20. The molecule has 0 amide bonds. The molecule has 0 aliphatic carbocycles. The predicted molar refractivity (Wildman–Crippen MR) is 38.2 cm³/mol. The van der Waals surface area contributed by atoms with E-state index in [2.05, 4.69) is 15.9 Å². The molecule has 0 radical (unpaired) electrons. The maximum Gasteiger partial charge on any atom is 0.238 e. The number of halogens is 3. The molecule has 56 valence electrons. The molecule has 0 spiro atoms.